The highest BCUT2D eigenvalue weighted by Crippen LogP contribution is 2.30. The van der Waals surface area contributed by atoms with Crippen molar-refractivity contribution in [1.29, 1.82) is 0 Å². The summed E-state index contributed by atoms with van der Waals surface area (Å²) in [6.07, 6.45) is 6.63. The first kappa shape index (κ1) is 19.1. The monoisotopic (exact) mass is 436 g/mol. The smallest absolute Gasteiger partial charge is 0.169 e. The Kier molecular flexibility index (Phi) is 6.51. The highest BCUT2D eigenvalue weighted by Gasteiger charge is 2.09. The van der Waals surface area contributed by atoms with Gasteiger partial charge in [-0.05, 0) is 53.1 Å². The number of likely N-dealkylation sites (N-methyl/N-ethyl adjacent to an activating group) is 1. The van der Waals surface area contributed by atoms with Gasteiger partial charge < -0.3 is 9.64 Å². The highest BCUT2D eigenvalue weighted by molar-refractivity contribution is 9.10. The van der Waals surface area contributed by atoms with Crippen molar-refractivity contribution in [1.82, 2.24) is 19.5 Å². The van der Waals surface area contributed by atoms with Gasteiger partial charge in [-0.3, -0.25) is 0 Å². The van der Waals surface area contributed by atoms with E-state index in [-0.39, 0.29) is 0 Å². The van der Waals surface area contributed by atoms with Gasteiger partial charge in [-0.15, -0.1) is 0 Å². The Labute approximate surface area is 167 Å². The lowest BCUT2D eigenvalue weighted by Crippen LogP contribution is -2.29. The summed E-state index contributed by atoms with van der Waals surface area (Å²) in [7, 11) is 0. The number of fused-ring (bicyclic) bond motifs is 1. The molecule has 0 unspecified atom stereocenters. The molecule has 0 aliphatic rings. The van der Waals surface area contributed by atoms with Crippen LogP contribution in [-0.2, 0) is 0 Å². The molecule has 0 bridgehead atoms. The molecule has 5 nitrogen and oxygen atoms in total. The maximum absolute atomic E-state index is 6.42. The molecule has 3 aromatic rings. The van der Waals surface area contributed by atoms with Crippen molar-refractivity contribution < 1.29 is 4.74 Å². The van der Waals surface area contributed by atoms with E-state index in [1.807, 2.05) is 30.6 Å². The van der Waals surface area contributed by atoms with Crippen LogP contribution in [-0.4, -0.2) is 45.7 Å². The number of ether oxygens (including phenoxy) is 1. The maximum atomic E-state index is 6.42. The van der Waals surface area contributed by atoms with E-state index in [4.69, 9.17) is 16.3 Å². The summed E-state index contributed by atoms with van der Waals surface area (Å²) in [6.45, 7) is 8.00. The molecule has 138 valence electrons. The van der Waals surface area contributed by atoms with E-state index in [1.165, 1.54) is 0 Å². The molecule has 0 atom stereocenters. The van der Waals surface area contributed by atoms with E-state index in [2.05, 4.69) is 44.8 Å². The molecule has 0 aliphatic carbocycles. The Morgan fingerprint density at radius 2 is 2.04 bits per heavy atom. The zero-order valence-electron chi connectivity index (χ0n) is 15.0. The quantitative estimate of drug-likeness (QED) is 0.501. The lowest BCUT2D eigenvalue weighted by atomic mass is 10.1. The van der Waals surface area contributed by atoms with Gasteiger partial charge in [-0.25, -0.2) is 9.50 Å². The van der Waals surface area contributed by atoms with Crippen LogP contribution in [0.15, 0.2) is 41.3 Å². The fraction of sp³-hybridized carbons (Fsp3) is 0.368. The lowest BCUT2D eigenvalue weighted by molar-refractivity contribution is 0.216. The Morgan fingerprint density at radius 1 is 1.19 bits per heavy atom. The van der Waals surface area contributed by atoms with E-state index in [0.717, 1.165) is 47.3 Å². The molecule has 7 heteroatoms. The molecule has 3 rings (SSSR count). The number of hydrogen-bond donors (Lipinski definition) is 0. The molecule has 1 aromatic carbocycles. The Bertz CT molecular complexity index is 883. The summed E-state index contributed by atoms with van der Waals surface area (Å²) in [4.78, 5) is 6.81. The zero-order valence-corrected chi connectivity index (χ0v) is 17.3. The molecule has 0 spiro atoms. The summed E-state index contributed by atoms with van der Waals surface area (Å²) >= 11 is 9.85. The van der Waals surface area contributed by atoms with Gasteiger partial charge in [0.1, 0.15) is 12.4 Å². The molecule has 0 N–H and O–H groups in total. The SMILES string of the molecule is CCCN(CC)CCOc1ccc(-c2cnc3c(Br)cnn3c2)cc1Cl. The molecule has 0 aliphatic heterocycles. The number of benzene rings is 1. The molecule has 2 aromatic heterocycles. The van der Waals surface area contributed by atoms with Crippen molar-refractivity contribution in [2.45, 2.75) is 20.3 Å². The minimum Gasteiger partial charge on any atom is -0.491 e. The standard InChI is InChI=1S/C19H22BrClN4O/c1-3-7-24(4-2)8-9-26-18-6-5-14(10-17(18)21)15-11-22-19-16(20)12-23-25(19)13-15/h5-6,10-13H,3-4,7-9H2,1-2H3. The minimum atomic E-state index is 0.600. The number of hydrogen-bond acceptors (Lipinski definition) is 4. The van der Waals surface area contributed by atoms with Crippen LogP contribution < -0.4 is 4.74 Å². The van der Waals surface area contributed by atoms with Crippen LogP contribution in [0.4, 0.5) is 0 Å². The number of rotatable bonds is 8. The normalized spacial score (nSPS) is 11.4. The fourth-order valence-corrected chi connectivity index (χ4v) is 3.43. The topological polar surface area (TPSA) is 42.7 Å². The second kappa shape index (κ2) is 8.84. The van der Waals surface area contributed by atoms with E-state index < -0.39 is 0 Å². The fourth-order valence-electron chi connectivity index (χ4n) is 2.82. The van der Waals surface area contributed by atoms with Gasteiger partial charge in [0, 0.05) is 24.5 Å². The Hall–Kier alpha value is -1.63. The largest absolute Gasteiger partial charge is 0.491 e. The number of aromatic nitrogens is 3. The van der Waals surface area contributed by atoms with Crippen molar-refractivity contribution in [3.63, 3.8) is 0 Å². The molecule has 0 fully saturated rings. The lowest BCUT2D eigenvalue weighted by Gasteiger charge is -2.19. The van der Waals surface area contributed by atoms with Gasteiger partial charge >= 0.3 is 0 Å². The van der Waals surface area contributed by atoms with Gasteiger partial charge in [0.25, 0.3) is 0 Å². The van der Waals surface area contributed by atoms with E-state index in [1.54, 1.807) is 10.7 Å². The summed E-state index contributed by atoms with van der Waals surface area (Å²) in [6, 6.07) is 5.81. The van der Waals surface area contributed by atoms with E-state index in [0.29, 0.717) is 17.4 Å². The molecular formula is C19H22BrClN4O. The van der Waals surface area contributed by atoms with Crippen LogP contribution >= 0.6 is 27.5 Å². The summed E-state index contributed by atoms with van der Waals surface area (Å²) in [5.41, 5.74) is 2.71. The molecular weight excluding hydrogens is 416 g/mol. The van der Waals surface area contributed by atoms with Gasteiger partial charge in [-0.1, -0.05) is 31.5 Å². The Morgan fingerprint density at radius 3 is 2.77 bits per heavy atom. The molecule has 26 heavy (non-hydrogen) atoms. The van der Waals surface area contributed by atoms with Crippen molar-refractivity contribution in [2.24, 2.45) is 0 Å². The van der Waals surface area contributed by atoms with Gasteiger partial charge in [0.05, 0.1) is 15.7 Å². The van der Waals surface area contributed by atoms with Crippen LogP contribution in [0.3, 0.4) is 0 Å². The first-order valence-corrected chi connectivity index (χ1v) is 9.93. The van der Waals surface area contributed by atoms with Crippen LogP contribution in [0, 0.1) is 0 Å². The Balaban J connectivity index is 1.70. The maximum Gasteiger partial charge on any atom is 0.169 e. The third kappa shape index (κ3) is 4.37. The third-order valence-corrected chi connectivity index (χ3v) is 5.09. The number of halogens is 2. The molecule has 0 saturated heterocycles. The molecule has 0 saturated carbocycles. The van der Waals surface area contributed by atoms with Gasteiger partial charge in [0.2, 0.25) is 0 Å². The van der Waals surface area contributed by atoms with Crippen LogP contribution in [0.5, 0.6) is 5.75 Å². The van der Waals surface area contributed by atoms with Crippen LogP contribution in [0.1, 0.15) is 20.3 Å². The summed E-state index contributed by atoms with van der Waals surface area (Å²) in [5.74, 6) is 0.707. The first-order chi connectivity index (χ1) is 12.6. The number of nitrogens with zero attached hydrogens (tertiary/aromatic N) is 4. The highest BCUT2D eigenvalue weighted by atomic mass is 79.9. The van der Waals surface area contributed by atoms with E-state index in [9.17, 15) is 0 Å². The molecule has 0 amide bonds. The third-order valence-electron chi connectivity index (χ3n) is 4.23. The second-order valence-corrected chi connectivity index (χ2v) is 7.29. The van der Waals surface area contributed by atoms with Crippen molar-refractivity contribution in [2.75, 3.05) is 26.2 Å². The van der Waals surface area contributed by atoms with Crippen LogP contribution in [0.2, 0.25) is 5.02 Å². The van der Waals surface area contributed by atoms with Gasteiger partial charge in [-0.2, -0.15) is 5.10 Å². The van der Waals surface area contributed by atoms with Crippen molar-refractivity contribution in [3.8, 4) is 16.9 Å². The average molecular weight is 438 g/mol. The predicted octanol–water partition coefficient (Wildman–Crippen LogP) is 4.92. The minimum absolute atomic E-state index is 0.600. The summed E-state index contributed by atoms with van der Waals surface area (Å²) in [5, 5.41) is 4.87. The van der Waals surface area contributed by atoms with Crippen molar-refractivity contribution >= 4 is 33.2 Å². The van der Waals surface area contributed by atoms with Gasteiger partial charge in [0.15, 0.2) is 5.65 Å². The zero-order chi connectivity index (χ0) is 18.5. The van der Waals surface area contributed by atoms with Crippen LogP contribution in [0.25, 0.3) is 16.8 Å². The first-order valence-electron chi connectivity index (χ1n) is 8.76. The summed E-state index contributed by atoms with van der Waals surface area (Å²) < 4.78 is 8.48. The molecule has 2 heterocycles. The van der Waals surface area contributed by atoms with E-state index >= 15 is 0 Å². The van der Waals surface area contributed by atoms with Crippen molar-refractivity contribution in [3.05, 3.63) is 46.3 Å². The molecule has 0 radical (unpaired) electrons. The second-order valence-electron chi connectivity index (χ2n) is 6.03. The average Bonchev–Trinajstić information content (AvgIpc) is 3.02. The predicted molar refractivity (Wildman–Crippen MR) is 109 cm³/mol.